The van der Waals surface area contributed by atoms with E-state index in [4.69, 9.17) is 5.73 Å². The zero-order chi connectivity index (χ0) is 12.2. The van der Waals surface area contributed by atoms with Crippen LogP contribution >= 0.6 is 0 Å². The van der Waals surface area contributed by atoms with Crippen molar-refractivity contribution in [3.05, 3.63) is 0 Å². The lowest BCUT2D eigenvalue weighted by Gasteiger charge is -2.34. The van der Waals surface area contributed by atoms with Crippen molar-refractivity contribution < 1.29 is 4.79 Å². The first-order chi connectivity index (χ1) is 7.40. The fourth-order valence-electron chi connectivity index (χ4n) is 2.07. The lowest BCUT2D eigenvalue weighted by Crippen LogP contribution is -2.53. The molecule has 0 radical (unpaired) electrons. The number of amides is 1. The molecular weight excluding hydrogens is 202 g/mol. The van der Waals surface area contributed by atoms with E-state index in [2.05, 4.69) is 31.0 Å². The summed E-state index contributed by atoms with van der Waals surface area (Å²) in [6.07, 6.45) is 1.91. The minimum absolute atomic E-state index is 0.0821. The average Bonchev–Trinajstić information content (AvgIpc) is 2.17. The Morgan fingerprint density at radius 1 is 1.38 bits per heavy atom. The van der Waals surface area contributed by atoms with Crippen LogP contribution in [0.25, 0.3) is 0 Å². The van der Waals surface area contributed by atoms with Crippen LogP contribution in [0.5, 0.6) is 0 Å². The number of hydrogen-bond donors (Lipinski definition) is 2. The molecule has 0 aromatic heterocycles. The van der Waals surface area contributed by atoms with Crippen LogP contribution in [0.1, 0.15) is 33.6 Å². The Bertz CT molecular complexity index is 229. The van der Waals surface area contributed by atoms with Gasteiger partial charge in [-0.1, -0.05) is 20.8 Å². The quantitative estimate of drug-likeness (QED) is 0.738. The summed E-state index contributed by atoms with van der Waals surface area (Å²) in [5.41, 5.74) is 5.76. The number of nitrogens with two attached hydrogens (primary N) is 1. The van der Waals surface area contributed by atoms with Gasteiger partial charge >= 0.3 is 0 Å². The molecule has 94 valence electrons. The highest BCUT2D eigenvalue weighted by Crippen LogP contribution is 2.23. The number of carbonyl (C=O) groups excluding carboxylic acids is 1. The number of rotatable bonds is 4. The summed E-state index contributed by atoms with van der Waals surface area (Å²) in [7, 11) is 0. The molecule has 1 saturated heterocycles. The summed E-state index contributed by atoms with van der Waals surface area (Å²) in [6, 6.07) is -0.0821. The molecule has 0 aromatic carbocycles. The molecule has 1 rings (SSSR count). The van der Waals surface area contributed by atoms with Crippen LogP contribution in [0.2, 0.25) is 0 Å². The molecule has 1 aliphatic rings. The third-order valence-corrected chi connectivity index (χ3v) is 3.09. The smallest absolute Gasteiger partial charge is 0.234 e. The molecule has 1 amide bonds. The van der Waals surface area contributed by atoms with Gasteiger partial charge in [-0.15, -0.1) is 0 Å². The lowest BCUT2D eigenvalue weighted by molar-refractivity contribution is -0.123. The van der Waals surface area contributed by atoms with Crippen molar-refractivity contribution in [2.75, 3.05) is 26.2 Å². The Morgan fingerprint density at radius 3 is 2.38 bits per heavy atom. The van der Waals surface area contributed by atoms with Crippen LogP contribution in [0.15, 0.2) is 0 Å². The van der Waals surface area contributed by atoms with E-state index in [1.807, 2.05) is 0 Å². The van der Waals surface area contributed by atoms with E-state index >= 15 is 0 Å². The second-order valence-electron chi connectivity index (χ2n) is 5.80. The highest BCUT2D eigenvalue weighted by atomic mass is 16.1. The third kappa shape index (κ3) is 4.49. The van der Waals surface area contributed by atoms with Gasteiger partial charge in [-0.2, -0.15) is 0 Å². The van der Waals surface area contributed by atoms with E-state index in [-0.39, 0.29) is 17.4 Å². The third-order valence-electron chi connectivity index (χ3n) is 3.09. The molecule has 1 atom stereocenters. The Balaban J connectivity index is 2.49. The molecule has 1 heterocycles. The van der Waals surface area contributed by atoms with Crippen molar-refractivity contribution in [2.24, 2.45) is 11.1 Å². The van der Waals surface area contributed by atoms with Gasteiger partial charge in [-0.05, 0) is 18.3 Å². The average molecular weight is 227 g/mol. The maximum atomic E-state index is 11.5. The molecule has 16 heavy (non-hydrogen) atoms. The maximum Gasteiger partial charge on any atom is 0.234 e. The number of hydrogen-bond acceptors (Lipinski definition) is 3. The molecule has 0 saturated carbocycles. The summed E-state index contributed by atoms with van der Waals surface area (Å²) in [6.45, 7) is 10.4. The minimum Gasteiger partial charge on any atom is -0.368 e. The summed E-state index contributed by atoms with van der Waals surface area (Å²) in [4.78, 5) is 13.7. The normalized spacial score (nSPS) is 20.7. The van der Waals surface area contributed by atoms with E-state index in [1.54, 1.807) is 0 Å². The Hall–Kier alpha value is -0.610. The number of piperazine rings is 1. The highest BCUT2D eigenvalue weighted by Gasteiger charge is 2.26. The van der Waals surface area contributed by atoms with Gasteiger partial charge in [0.1, 0.15) is 0 Å². The molecule has 0 aromatic rings. The monoisotopic (exact) mass is 227 g/mol. The van der Waals surface area contributed by atoms with Gasteiger partial charge in [-0.3, -0.25) is 9.69 Å². The molecule has 0 aliphatic carbocycles. The van der Waals surface area contributed by atoms with Crippen LogP contribution in [0, 0.1) is 5.41 Å². The predicted molar refractivity (Wildman–Crippen MR) is 66.1 cm³/mol. The van der Waals surface area contributed by atoms with Crippen LogP contribution in [0.4, 0.5) is 0 Å². The van der Waals surface area contributed by atoms with E-state index in [0.717, 1.165) is 39.0 Å². The molecule has 1 fully saturated rings. The lowest BCUT2D eigenvalue weighted by atomic mass is 9.88. The molecule has 4 heteroatoms. The summed E-state index contributed by atoms with van der Waals surface area (Å²) in [5.74, 6) is -0.175. The van der Waals surface area contributed by atoms with Gasteiger partial charge in [0.25, 0.3) is 0 Å². The maximum absolute atomic E-state index is 11.5. The van der Waals surface area contributed by atoms with Crippen molar-refractivity contribution >= 4 is 5.91 Å². The van der Waals surface area contributed by atoms with Gasteiger partial charge in [0.15, 0.2) is 0 Å². The number of carbonyl (C=O) groups is 1. The zero-order valence-corrected chi connectivity index (χ0v) is 10.8. The fourth-order valence-corrected chi connectivity index (χ4v) is 2.07. The molecule has 1 aliphatic heterocycles. The first kappa shape index (κ1) is 13.5. The number of primary amides is 1. The minimum atomic E-state index is -0.175. The summed E-state index contributed by atoms with van der Waals surface area (Å²) >= 11 is 0. The Kier molecular flexibility index (Phi) is 4.74. The second kappa shape index (κ2) is 5.64. The molecule has 1 unspecified atom stereocenters. The molecule has 3 N–H and O–H groups in total. The van der Waals surface area contributed by atoms with E-state index < -0.39 is 0 Å². The first-order valence-electron chi connectivity index (χ1n) is 6.14. The topological polar surface area (TPSA) is 58.4 Å². The van der Waals surface area contributed by atoms with Crippen LogP contribution in [-0.2, 0) is 4.79 Å². The largest absolute Gasteiger partial charge is 0.368 e. The van der Waals surface area contributed by atoms with Crippen molar-refractivity contribution in [2.45, 2.75) is 39.7 Å². The van der Waals surface area contributed by atoms with E-state index in [0.29, 0.717) is 0 Å². The number of nitrogens with zero attached hydrogens (tertiary/aromatic N) is 1. The molecule has 0 bridgehead atoms. The van der Waals surface area contributed by atoms with Gasteiger partial charge < -0.3 is 11.1 Å². The molecule has 0 spiro atoms. The van der Waals surface area contributed by atoms with Gasteiger partial charge in [-0.25, -0.2) is 0 Å². The van der Waals surface area contributed by atoms with E-state index in [1.165, 1.54) is 0 Å². The van der Waals surface area contributed by atoms with Crippen LogP contribution < -0.4 is 11.1 Å². The van der Waals surface area contributed by atoms with Crippen molar-refractivity contribution in [3.8, 4) is 0 Å². The molecule has 4 nitrogen and oxygen atoms in total. The van der Waals surface area contributed by atoms with E-state index in [9.17, 15) is 4.79 Å². The second-order valence-corrected chi connectivity index (χ2v) is 5.80. The fraction of sp³-hybridized carbons (Fsp3) is 0.917. The van der Waals surface area contributed by atoms with Crippen molar-refractivity contribution in [1.82, 2.24) is 10.2 Å². The molecular formula is C12H25N3O. The summed E-state index contributed by atoms with van der Waals surface area (Å²) < 4.78 is 0. The number of nitrogens with one attached hydrogen (secondary N) is 1. The predicted octanol–water partition coefficient (Wildman–Crippen LogP) is 0.572. The first-order valence-corrected chi connectivity index (χ1v) is 6.14. The summed E-state index contributed by atoms with van der Waals surface area (Å²) in [5, 5.41) is 3.29. The Labute approximate surface area is 98.6 Å². The Morgan fingerprint density at radius 2 is 1.94 bits per heavy atom. The van der Waals surface area contributed by atoms with Gasteiger partial charge in [0.05, 0.1) is 6.04 Å². The highest BCUT2D eigenvalue weighted by molar-refractivity contribution is 5.79. The van der Waals surface area contributed by atoms with Gasteiger partial charge in [0, 0.05) is 26.2 Å². The van der Waals surface area contributed by atoms with Gasteiger partial charge in [0.2, 0.25) is 5.91 Å². The standard InChI is InChI=1S/C12H25N3O/c1-12(2,3)5-4-10(11(13)16)15-8-6-14-7-9-15/h10,14H,4-9H2,1-3H3,(H2,13,16). The SMILES string of the molecule is CC(C)(C)CCC(C(N)=O)N1CCNCC1. The van der Waals surface area contributed by atoms with Crippen molar-refractivity contribution in [1.29, 1.82) is 0 Å². The van der Waals surface area contributed by atoms with Crippen LogP contribution in [-0.4, -0.2) is 43.0 Å². The zero-order valence-electron chi connectivity index (χ0n) is 10.8. The van der Waals surface area contributed by atoms with Crippen molar-refractivity contribution in [3.63, 3.8) is 0 Å². The van der Waals surface area contributed by atoms with Crippen LogP contribution in [0.3, 0.4) is 0 Å².